The van der Waals surface area contributed by atoms with Gasteiger partial charge in [0.05, 0.1) is 28.4 Å². The number of ether oxygens (including phenoxy) is 1. The van der Waals surface area contributed by atoms with Crippen LogP contribution in [-0.2, 0) is 16.0 Å². The fourth-order valence-electron chi connectivity index (χ4n) is 2.74. The summed E-state index contributed by atoms with van der Waals surface area (Å²) in [7, 11) is 0. The highest BCUT2D eigenvalue weighted by Crippen LogP contribution is 2.31. The van der Waals surface area contributed by atoms with Gasteiger partial charge in [-0.3, -0.25) is 9.78 Å². The Balaban J connectivity index is 1.51. The molecule has 0 aliphatic heterocycles. The van der Waals surface area contributed by atoms with Crippen LogP contribution in [0.3, 0.4) is 0 Å². The van der Waals surface area contributed by atoms with Gasteiger partial charge in [-0.05, 0) is 49.2 Å². The van der Waals surface area contributed by atoms with Crippen molar-refractivity contribution in [3.8, 4) is 0 Å². The minimum absolute atomic E-state index is 0.179. The van der Waals surface area contributed by atoms with E-state index in [0.717, 1.165) is 31.5 Å². The van der Waals surface area contributed by atoms with Gasteiger partial charge in [0, 0.05) is 31.3 Å². The Morgan fingerprint density at radius 2 is 1.97 bits per heavy atom. The smallest absolute Gasteiger partial charge is 0.305 e. The van der Waals surface area contributed by atoms with Crippen molar-refractivity contribution in [2.45, 2.75) is 38.2 Å². The minimum atomic E-state index is -0.723. The number of hydrogen-bond acceptors (Lipinski definition) is 6. The highest BCUT2D eigenvalue weighted by atomic mass is 35.5. The van der Waals surface area contributed by atoms with Crippen LogP contribution in [0.1, 0.15) is 43.0 Å². The maximum atomic E-state index is 11.7. The Labute approximate surface area is 181 Å². The Morgan fingerprint density at radius 1 is 1.21 bits per heavy atom. The van der Waals surface area contributed by atoms with Gasteiger partial charge >= 0.3 is 5.97 Å². The van der Waals surface area contributed by atoms with Crippen molar-refractivity contribution in [1.29, 1.82) is 0 Å². The van der Waals surface area contributed by atoms with Crippen molar-refractivity contribution in [1.82, 2.24) is 10.3 Å². The molecule has 8 heteroatoms. The lowest BCUT2D eigenvalue weighted by molar-refractivity contribution is -0.143. The molecule has 1 unspecified atom stereocenters. The second-order valence-electron chi connectivity index (χ2n) is 6.72. The Bertz CT molecular complexity index is 752. The zero-order valence-electron chi connectivity index (χ0n) is 16.2. The van der Waals surface area contributed by atoms with Gasteiger partial charge in [-0.2, -0.15) is 0 Å². The highest BCUT2D eigenvalue weighted by Gasteiger charge is 2.12. The summed E-state index contributed by atoms with van der Waals surface area (Å²) in [5.41, 5.74) is 7.54. The topological polar surface area (TPSA) is 97.5 Å². The molecule has 0 aliphatic carbocycles. The Kier molecular flexibility index (Phi) is 10.2. The summed E-state index contributed by atoms with van der Waals surface area (Å²) in [6, 6.07) is 8.92. The highest BCUT2D eigenvalue weighted by molar-refractivity contribution is 6.38. The van der Waals surface area contributed by atoms with E-state index < -0.39 is 6.10 Å². The number of unbranched alkanes of at least 4 members (excludes halogenated alkanes) is 2. The number of aliphatic hydroxyl groups is 1. The molecule has 0 saturated heterocycles. The summed E-state index contributed by atoms with van der Waals surface area (Å²) in [6.07, 6.45) is 4.62. The monoisotopic (exact) mass is 439 g/mol. The summed E-state index contributed by atoms with van der Waals surface area (Å²) in [6.45, 7) is 1.48. The number of nitrogens with one attached hydrogen (secondary N) is 1. The largest absolute Gasteiger partial charge is 0.465 e. The van der Waals surface area contributed by atoms with E-state index in [1.165, 1.54) is 0 Å². The van der Waals surface area contributed by atoms with Gasteiger partial charge in [0.15, 0.2) is 0 Å². The lowest BCUT2D eigenvalue weighted by Gasteiger charge is -2.14. The van der Waals surface area contributed by atoms with Crippen LogP contribution in [0.4, 0.5) is 5.69 Å². The van der Waals surface area contributed by atoms with E-state index >= 15 is 0 Å². The van der Waals surface area contributed by atoms with Gasteiger partial charge in [0.1, 0.15) is 0 Å². The van der Waals surface area contributed by atoms with Crippen molar-refractivity contribution >= 4 is 34.9 Å². The van der Waals surface area contributed by atoms with Crippen molar-refractivity contribution in [3.63, 3.8) is 0 Å². The molecular weight excluding hydrogens is 413 g/mol. The number of aromatic nitrogens is 1. The maximum Gasteiger partial charge on any atom is 0.305 e. The van der Waals surface area contributed by atoms with Crippen LogP contribution in [0.5, 0.6) is 0 Å². The Morgan fingerprint density at radius 3 is 2.66 bits per heavy atom. The number of nitrogen functional groups attached to an aromatic ring is 1. The fraction of sp³-hybridized carbons (Fsp3) is 0.429. The number of halogens is 2. The number of carbonyl (C=O) groups excluding carboxylic acids is 1. The SMILES string of the molecule is Nc1c(Cl)cc(C(O)CNCCCCCC(=O)OCCc2ccccn2)cc1Cl. The molecule has 0 aliphatic rings. The molecule has 0 radical (unpaired) electrons. The van der Waals surface area contributed by atoms with Crippen LogP contribution in [0.25, 0.3) is 0 Å². The molecule has 29 heavy (non-hydrogen) atoms. The summed E-state index contributed by atoms with van der Waals surface area (Å²) in [4.78, 5) is 15.9. The lowest BCUT2D eigenvalue weighted by atomic mass is 10.1. The molecule has 2 rings (SSSR count). The number of aliphatic hydroxyl groups excluding tert-OH is 1. The second kappa shape index (κ2) is 12.6. The quantitative estimate of drug-likeness (QED) is 0.263. The first-order valence-electron chi connectivity index (χ1n) is 9.66. The van der Waals surface area contributed by atoms with E-state index in [4.69, 9.17) is 33.7 Å². The first kappa shape index (κ1) is 23.4. The van der Waals surface area contributed by atoms with Crippen LogP contribution in [-0.4, -0.2) is 35.8 Å². The van der Waals surface area contributed by atoms with Crippen molar-refractivity contribution in [3.05, 3.63) is 57.8 Å². The number of anilines is 1. The van der Waals surface area contributed by atoms with Crippen LogP contribution in [0.15, 0.2) is 36.5 Å². The first-order chi connectivity index (χ1) is 14.0. The average molecular weight is 440 g/mol. The predicted octanol–water partition coefficient (Wildman–Crippen LogP) is 3.94. The van der Waals surface area contributed by atoms with Crippen molar-refractivity contribution in [2.24, 2.45) is 0 Å². The number of nitrogens with zero attached hydrogens (tertiary/aromatic N) is 1. The molecule has 1 aromatic heterocycles. The number of rotatable bonds is 12. The molecule has 1 heterocycles. The molecule has 2 aromatic rings. The van der Waals surface area contributed by atoms with Gasteiger partial charge < -0.3 is 20.9 Å². The number of hydrogen-bond donors (Lipinski definition) is 3. The van der Waals surface area contributed by atoms with E-state index in [-0.39, 0.29) is 5.97 Å². The summed E-state index contributed by atoms with van der Waals surface area (Å²) in [5, 5.41) is 14.1. The van der Waals surface area contributed by atoms with E-state index in [2.05, 4.69) is 10.3 Å². The maximum absolute atomic E-state index is 11.7. The van der Waals surface area contributed by atoms with Crippen LogP contribution in [0.2, 0.25) is 10.0 Å². The number of esters is 1. The van der Waals surface area contributed by atoms with Gasteiger partial charge in [-0.1, -0.05) is 35.7 Å². The molecule has 0 fully saturated rings. The average Bonchev–Trinajstić information content (AvgIpc) is 2.71. The van der Waals surface area contributed by atoms with Crippen LogP contribution >= 0.6 is 23.2 Å². The molecular formula is C21H27Cl2N3O3. The van der Waals surface area contributed by atoms with Gasteiger partial charge in [0.2, 0.25) is 0 Å². The fourth-order valence-corrected chi connectivity index (χ4v) is 3.24. The minimum Gasteiger partial charge on any atom is -0.465 e. The molecule has 1 atom stereocenters. The first-order valence-corrected chi connectivity index (χ1v) is 10.4. The van der Waals surface area contributed by atoms with Crippen LogP contribution < -0.4 is 11.1 Å². The third kappa shape index (κ3) is 8.58. The normalized spacial score (nSPS) is 12.0. The summed E-state index contributed by atoms with van der Waals surface area (Å²) >= 11 is 12.0. The Hall–Kier alpha value is -1.86. The standard InChI is InChI=1S/C21H27Cl2N3O3/c22-17-12-15(13-18(23)21(17)24)19(27)14-25-9-4-1-2-7-20(28)29-11-8-16-6-3-5-10-26-16/h3,5-6,10,12-13,19,25,27H,1-2,4,7-9,11,14,24H2. The molecule has 0 bridgehead atoms. The van der Waals surface area contributed by atoms with Crippen LogP contribution in [0, 0.1) is 0 Å². The van der Waals surface area contributed by atoms with E-state index in [0.29, 0.717) is 47.3 Å². The third-order valence-electron chi connectivity index (χ3n) is 4.41. The lowest BCUT2D eigenvalue weighted by Crippen LogP contribution is -2.22. The van der Waals surface area contributed by atoms with Crippen molar-refractivity contribution in [2.75, 3.05) is 25.4 Å². The summed E-state index contributed by atoms with van der Waals surface area (Å²) in [5.74, 6) is -0.179. The zero-order valence-corrected chi connectivity index (χ0v) is 17.8. The van der Waals surface area contributed by atoms with E-state index in [9.17, 15) is 9.90 Å². The third-order valence-corrected chi connectivity index (χ3v) is 5.03. The van der Waals surface area contributed by atoms with E-state index in [1.807, 2.05) is 18.2 Å². The van der Waals surface area contributed by atoms with E-state index in [1.54, 1.807) is 18.3 Å². The molecule has 0 spiro atoms. The number of benzene rings is 1. The molecule has 4 N–H and O–H groups in total. The second-order valence-corrected chi connectivity index (χ2v) is 7.53. The zero-order chi connectivity index (χ0) is 21.1. The predicted molar refractivity (Wildman–Crippen MR) is 116 cm³/mol. The number of nitrogens with two attached hydrogens (primary N) is 1. The number of carbonyl (C=O) groups is 1. The van der Waals surface area contributed by atoms with Gasteiger partial charge in [0.25, 0.3) is 0 Å². The number of pyridine rings is 1. The molecule has 6 nitrogen and oxygen atoms in total. The molecule has 158 valence electrons. The van der Waals surface area contributed by atoms with Crippen molar-refractivity contribution < 1.29 is 14.6 Å². The summed E-state index contributed by atoms with van der Waals surface area (Å²) < 4.78 is 5.22. The van der Waals surface area contributed by atoms with Gasteiger partial charge in [-0.15, -0.1) is 0 Å². The molecule has 0 amide bonds. The molecule has 0 saturated carbocycles. The van der Waals surface area contributed by atoms with Gasteiger partial charge in [-0.25, -0.2) is 0 Å². The molecule has 1 aromatic carbocycles.